The van der Waals surface area contributed by atoms with Gasteiger partial charge in [-0.3, -0.25) is 0 Å². The summed E-state index contributed by atoms with van der Waals surface area (Å²) in [7, 11) is 0. The van der Waals surface area contributed by atoms with Crippen LogP contribution in [0.15, 0.2) is 12.1 Å². The zero-order valence-corrected chi connectivity index (χ0v) is 10.2. The van der Waals surface area contributed by atoms with Crippen LogP contribution in [0.4, 0.5) is 5.69 Å². The molecule has 2 N–H and O–H groups in total. The number of halogens is 1. The summed E-state index contributed by atoms with van der Waals surface area (Å²) in [6.07, 6.45) is 0. The quantitative estimate of drug-likeness (QED) is 0.774. The van der Waals surface area contributed by atoms with Gasteiger partial charge >= 0.3 is 0 Å². The molecule has 16 heavy (non-hydrogen) atoms. The van der Waals surface area contributed by atoms with Gasteiger partial charge in [0.2, 0.25) is 0 Å². The highest BCUT2D eigenvalue weighted by atomic mass is 35.5. The van der Waals surface area contributed by atoms with Gasteiger partial charge in [0.15, 0.2) is 5.82 Å². The third kappa shape index (κ3) is 1.76. The van der Waals surface area contributed by atoms with E-state index in [2.05, 4.69) is 10.1 Å². The normalized spacial score (nSPS) is 10.8. The number of hydrogen-bond acceptors (Lipinski definition) is 3. The monoisotopic (exact) mass is 236 g/mol. The lowest BCUT2D eigenvalue weighted by Crippen LogP contribution is -2.03. The van der Waals surface area contributed by atoms with Crippen molar-refractivity contribution < 1.29 is 0 Å². The predicted molar refractivity (Wildman–Crippen MR) is 65.0 cm³/mol. The van der Waals surface area contributed by atoms with Crippen molar-refractivity contribution in [2.75, 3.05) is 5.73 Å². The average molecular weight is 237 g/mol. The third-order valence-electron chi connectivity index (χ3n) is 2.67. The topological polar surface area (TPSA) is 56.7 Å². The Labute approximate surface area is 99.1 Å². The number of hydrogen-bond donors (Lipinski definition) is 1. The van der Waals surface area contributed by atoms with E-state index in [9.17, 15) is 0 Å². The van der Waals surface area contributed by atoms with Crippen LogP contribution in [-0.2, 0) is 0 Å². The van der Waals surface area contributed by atoms with Gasteiger partial charge in [0.1, 0.15) is 5.15 Å². The summed E-state index contributed by atoms with van der Waals surface area (Å²) in [5.41, 5.74) is 9.49. The van der Waals surface area contributed by atoms with Gasteiger partial charge in [0, 0.05) is 17.4 Å². The van der Waals surface area contributed by atoms with Gasteiger partial charge in [0.25, 0.3) is 0 Å². The van der Waals surface area contributed by atoms with Crippen molar-refractivity contribution in [1.29, 1.82) is 0 Å². The lowest BCUT2D eigenvalue weighted by molar-refractivity contribution is 0.806. The number of nitrogen functional groups attached to an aromatic ring is 1. The highest BCUT2D eigenvalue weighted by Crippen LogP contribution is 2.19. The van der Waals surface area contributed by atoms with Gasteiger partial charge in [-0.15, -0.1) is 0 Å². The smallest absolute Gasteiger partial charge is 0.157 e. The number of rotatable bonds is 1. The maximum absolute atomic E-state index is 5.87. The van der Waals surface area contributed by atoms with E-state index in [1.54, 1.807) is 16.8 Å². The molecular weight excluding hydrogens is 224 g/mol. The van der Waals surface area contributed by atoms with E-state index in [-0.39, 0.29) is 0 Å². The lowest BCUT2D eigenvalue weighted by atomic mass is 10.2. The van der Waals surface area contributed by atoms with Crippen molar-refractivity contribution in [3.63, 3.8) is 0 Å². The molecule has 0 fully saturated rings. The van der Waals surface area contributed by atoms with E-state index in [4.69, 9.17) is 17.3 Å². The Morgan fingerprint density at radius 2 is 1.94 bits per heavy atom. The molecule has 5 heteroatoms. The highest BCUT2D eigenvalue weighted by Gasteiger charge is 2.10. The third-order valence-corrected chi connectivity index (χ3v) is 2.87. The Balaban J connectivity index is 2.62. The van der Waals surface area contributed by atoms with Gasteiger partial charge in [-0.1, -0.05) is 11.6 Å². The van der Waals surface area contributed by atoms with Crippen LogP contribution in [-0.4, -0.2) is 14.8 Å². The standard InChI is InChI=1S/C11H13ClN4/c1-6-7(2)15-16(8(6)3)11-5-9(13)4-10(12)14-11/h4-5H,1-3H3,(H2,13,14). The minimum absolute atomic E-state index is 0.375. The van der Waals surface area contributed by atoms with E-state index in [1.165, 1.54) is 0 Å². The maximum atomic E-state index is 5.87. The van der Waals surface area contributed by atoms with Crippen molar-refractivity contribution in [3.05, 3.63) is 34.2 Å². The first-order chi connectivity index (χ1) is 7.49. The van der Waals surface area contributed by atoms with Crippen LogP contribution < -0.4 is 5.73 Å². The first-order valence-electron chi connectivity index (χ1n) is 4.95. The van der Waals surface area contributed by atoms with Crippen LogP contribution in [0, 0.1) is 20.8 Å². The number of anilines is 1. The van der Waals surface area contributed by atoms with E-state index in [1.807, 2.05) is 20.8 Å². The molecule has 4 nitrogen and oxygen atoms in total. The largest absolute Gasteiger partial charge is 0.399 e. The summed E-state index contributed by atoms with van der Waals surface area (Å²) in [6.45, 7) is 5.99. The fraction of sp³-hybridized carbons (Fsp3) is 0.273. The Morgan fingerprint density at radius 3 is 2.44 bits per heavy atom. The molecule has 0 saturated carbocycles. The van der Waals surface area contributed by atoms with Gasteiger partial charge in [-0.25, -0.2) is 9.67 Å². The van der Waals surface area contributed by atoms with Crippen molar-refractivity contribution in [2.24, 2.45) is 0 Å². The molecule has 84 valence electrons. The van der Waals surface area contributed by atoms with E-state index in [0.29, 0.717) is 16.7 Å². The summed E-state index contributed by atoms with van der Waals surface area (Å²) in [6, 6.07) is 3.37. The number of aromatic nitrogens is 3. The van der Waals surface area contributed by atoms with Crippen LogP contribution >= 0.6 is 11.6 Å². The zero-order chi connectivity index (χ0) is 11.9. The number of nitrogens with two attached hydrogens (primary N) is 1. The molecule has 0 aliphatic heterocycles. The van der Waals surface area contributed by atoms with Crippen LogP contribution in [0.2, 0.25) is 5.15 Å². The maximum Gasteiger partial charge on any atom is 0.157 e. The first kappa shape index (κ1) is 11.0. The Morgan fingerprint density at radius 1 is 1.25 bits per heavy atom. The number of nitrogens with zero attached hydrogens (tertiary/aromatic N) is 3. The Hall–Kier alpha value is -1.55. The molecule has 0 amide bonds. The molecule has 0 aromatic carbocycles. The zero-order valence-electron chi connectivity index (χ0n) is 9.45. The van der Waals surface area contributed by atoms with Crippen LogP contribution in [0.1, 0.15) is 17.0 Å². The van der Waals surface area contributed by atoms with Crippen molar-refractivity contribution in [2.45, 2.75) is 20.8 Å². The van der Waals surface area contributed by atoms with E-state index >= 15 is 0 Å². The summed E-state index contributed by atoms with van der Waals surface area (Å²) >= 11 is 5.87. The molecule has 2 rings (SSSR count). The van der Waals surface area contributed by atoms with Crippen LogP contribution in [0.5, 0.6) is 0 Å². The lowest BCUT2D eigenvalue weighted by Gasteiger charge is -2.05. The summed E-state index contributed by atoms with van der Waals surface area (Å²) < 4.78 is 1.76. The van der Waals surface area contributed by atoms with Crippen LogP contribution in [0.25, 0.3) is 5.82 Å². The fourth-order valence-corrected chi connectivity index (χ4v) is 1.77. The highest BCUT2D eigenvalue weighted by molar-refractivity contribution is 6.29. The SMILES string of the molecule is Cc1nn(-c2cc(N)cc(Cl)n2)c(C)c1C. The molecule has 0 unspecified atom stereocenters. The van der Waals surface area contributed by atoms with E-state index < -0.39 is 0 Å². The molecule has 2 aromatic heterocycles. The first-order valence-corrected chi connectivity index (χ1v) is 5.33. The molecule has 2 aromatic rings. The minimum atomic E-state index is 0.375. The van der Waals surface area contributed by atoms with Gasteiger partial charge < -0.3 is 5.73 Å². The fourth-order valence-electron chi connectivity index (χ4n) is 1.55. The molecule has 0 bridgehead atoms. The van der Waals surface area contributed by atoms with Crippen LogP contribution in [0.3, 0.4) is 0 Å². The van der Waals surface area contributed by atoms with Crippen molar-refractivity contribution >= 4 is 17.3 Å². The van der Waals surface area contributed by atoms with Gasteiger partial charge in [-0.05, 0) is 32.4 Å². The molecule has 0 spiro atoms. The molecule has 0 aliphatic carbocycles. The van der Waals surface area contributed by atoms with Crippen molar-refractivity contribution in [1.82, 2.24) is 14.8 Å². The average Bonchev–Trinajstić information content (AvgIpc) is 2.44. The minimum Gasteiger partial charge on any atom is -0.399 e. The summed E-state index contributed by atoms with van der Waals surface area (Å²) in [4.78, 5) is 4.21. The van der Waals surface area contributed by atoms with Crippen molar-refractivity contribution in [3.8, 4) is 5.82 Å². The number of aryl methyl sites for hydroxylation is 1. The second kappa shape index (κ2) is 3.79. The predicted octanol–water partition coefficient (Wildman–Crippen LogP) is 2.43. The summed E-state index contributed by atoms with van der Waals surface area (Å²) in [5, 5.41) is 4.78. The van der Waals surface area contributed by atoms with E-state index in [0.717, 1.165) is 17.0 Å². The Bertz CT molecular complexity index is 525. The second-order valence-corrected chi connectivity index (χ2v) is 4.18. The molecular formula is C11H13ClN4. The molecule has 2 heterocycles. The number of pyridine rings is 1. The molecule has 0 saturated heterocycles. The molecule has 0 atom stereocenters. The molecule has 0 radical (unpaired) electrons. The molecule has 0 aliphatic rings. The summed E-state index contributed by atoms with van der Waals surface area (Å²) in [5.74, 6) is 0.652. The second-order valence-electron chi connectivity index (χ2n) is 3.79. The Kier molecular flexibility index (Phi) is 2.59. The van der Waals surface area contributed by atoms with Gasteiger partial charge in [-0.2, -0.15) is 5.10 Å². The van der Waals surface area contributed by atoms with Gasteiger partial charge in [0.05, 0.1) is 5.69 Å².